The standard InChI is InChI=1S/C25H39ClFN3O4/c1-24(34-4)15-19(17-29(24)2)28-23(31)30-13-8-9-18(16-30)25(32,12-5-6-14-33-3)20-10-7-11-21(26)22(20)27/h7,10-11,18-19,32H,5-6,8-9,12-17H2,1-4H3,(H,28,31)/t18-,19+,24?,25+/m1/s1. The van der Waals surface area contributed by atoms with Gasteiger partial charge < -0.3 is 24.8 Å². The molecule has 2 heterocycles. The molecule has 7 nitrogen and oxygen atoms in total. The van der Waals surface area contributed by atoms with Crippen molar-refractivity contribution in [2.75, 3.05) is 47.5 Å². The van der Waals surface area contributed by atoms with Gasteiger partial charge in [0.2, 0.25) is 0 Å². The summed E-state index contributed by atoms with van der Waals surface area (Å²) in [6, 6.07) is 4.57. The highest BCUT2D eigenvalue weighted by Gasteiger charge is 2.44. The van der Waals surface area contributed by atoms with E-state index in [2.05, 4.69) is 10.2 Å². The number of hydrogen-bond acceptors (Lipinski definition) is 5. The zero-order chi connectivity index (χ0) is 24.9. The Balaban J connectivity index is 1.74. The van der Waals surface area contributed by atoms with Crippen molar-refractivity contribution < 1.29 is 23.8 Å². The molecule has 1 aromatic carbocycles. The fourth-order valence-corrected chi connectivity index (χ4v) is 5.57. The maximum Gasteiger partial charge on any atom is 0.317 e. The normalized spacial score (nSPS) is 27.6. The number of methoxy groups -OCH3 is 2. The molecule has 2 amide bonds. The zero-order valence-electron chi connectivity index (χ0n) is 20.8. The van der Waals surface area contributed by atoms with Gasteiger partial charge in [0, 0.05) is 64.4 Å². The van der Waals surface area contributed by atoms with E-state index in [0.29, 0.717) is 51.9 Å². The summed E-state index contributed by atoms with van der Waals surface area (Å²) in [6.07, 6.45) is 3.92. The largest absolute Gasteiger partial charge is 0.385 e. The first kappa shape index (κ1) is 27.1. The number of rotatable bonds is 9. The number of urea groups is 1. The number of halogens is 2. The Morgan fingerprint density at radius 3 is 2.79 bits per heavy atom. The number of benzene rings is 1. The molecule has 3 rings (SSSR count). The van der Waals surface area contributed by atoms with E-state index in [1.54, 1.807) is 31.3 Å². The van der Waals surface area contributed by atoms with Crippen LogP contribution in [0.4, 0.5) is 9.18 Å². The van der Waals surface area contributed by atoms with Crippen LogP contribution in [0.3, 0.4) is 0 Å². The number of piperidine rings is 1. The van der Waals surface area contributed by atoms with Crippen LogP contribution < -0.4 is 5.32 Å². The van der Waals surface area contributed by atoms with Gasteiger partial charge in [0.15, 0.2) is 0 Å². The maximum absolute atomic E-state index is 15.1. The average molecular weight is 500 g/mol. The Bertz CT molecular complexity index is 846. The van der Waals surface area contributed by atoms with Crippen LogP contribution in [0.1, 0.15) is 51.0 Å². The number of carbonyl (C=O) groups excluding carboxylic acids is 1. The Morgan fingerprint density at radius 2 is 2.12 bits per heavy atom. The monoisotopic (exact) mass is 499 g/mol. The second kappa shape index (κ2) is 11.5. The summed E-state index contributed by atoms with van der Waals surface area (Å²) in [5, 5.41) is 15.0. The minimum Gasteiger partial charge on any atom is -0.385 e. The first-order chi connectivity index (χ1) is 16.1. The number of nitrogens with zero attached hydrogens (tertiary/aromatic N) is 2. The predicted octanol–water partition coefficient (Wildman–Crippen LogP) is 3.97. The number of likely N-dealkylation sites (N-methyl/N-ethyl adjacent to an activating group) is 1. The molecule has 2 N–H and O–H groups in total. The lowest BCUT2D eigenvalue weighted by Crippen LogP contribution is -2.53. The van der Waals surface area contributed by atoms with Gasteiger partial charge in [-0.2, -0.15) is 0 Å². The molecular weight excluding hydrogens is 461 g/mol. The first-order valence-corrected chi connectivity index (χ1v) is 12.5. The average Bonchev–Trinajstić information content (AvgIpc) is 3.11. The van der Waals surface area contributed by atoms with E-state index in [1.165, 1.54) is 6.07 Å². The van der Waals surface area contributed by atoms with Crippen LogP contribution in [0.15, 0.2) is 18.2 Å². The number of ether oxygens (including phenoxy) is 2. The molecule has 0 bridgehead atoms. The zero-order valence-corrected chi connectivity index (χ0v) is 21.5. The molecule has 0 aromatic heterocycles. The quantitative estimate of drug-likeness (QED) is 0.503. The van der Waals surface area contributed by atoms with E-state index < -0.39 is 17.1 Å². The Hall–Kier alpha value is -1.45. The number of carbonyl (C=O) groups is 1. The van der Waals surface area contributed by atoms with Crippen molar-refractivity contribution >= 4 is 17.6 Å². The van der Waals surface area contributed by atoms with Gasteiger partial charge in [-0.05, 0) is 52.1 Å². The fraction of sp³-hybridized carbons (Fsp3) is 0.720. The minimum atomic E-state index is -1.43. The van der Waals surface area contributed by atoms with E-state index in [-0.39, 0.29) is 28.6 Å². The molecule has 1 unspecified atom stereocenters. The lowest BCUT2D eigenvalue weighted by Gasteiger charge is -2.43. The molecule has 192 valence electrons. The van der Waals surface area contributed by atoms with Crippen molar-refractivity contribution in [2.45, 2.75) is 62.8 Å². The fourth-order valence-electron chi connectivity index (χ4n) is 5.39. The molecule has 34 heavy (non-hydrogen) atoms. The van der Waals surface area contributed by atoms with Gasteiger partial charge in [0.1, 0.15) is 11.5 Å². The highest BCUT2D eigenvalue weighted by atomic mass is 35.5. The van der Waals surface area contributed by atoms with Gasteiger partial charge >= 0.3 is 6.03 Å². The topological polar surface area (TPSA) is 74.3 Å². The molecule has 1 aromatic rings. The summed E-state index contributed by atoms with van der Waals surface area (Å²) in [5.41, 5.74) is -1.63. The number of amides is 2. The Labute approximate surface area is 207 Å². The Kier molecular flexibility index (Phi) is 9.20. The lowest BCUT2D eigenvalue weighted by molar-refractivity contribution is -0.0855. The van der Waals surface area contributed by atoms with E-state index in [4.69, 9.17) is 21.1 Å². The van der Waals surface area contributed by atoms with Crippen molar-refractivity contribution in [1.82, 2.24) is 15.1 Å². The maximum atomic E-state index is 15.1. The lowest BCUT2D eigenvalue weighted by atomic mass is 9.74. The van der Waals surface area contributed by atoms with Crippen LogP contribution in [-0.4, -0.2) is 80.2 Å². The van der Waals surface area contributed by atoms with Gasteiger partial charge in [0.25, 0.3) is 0 Å². The van der Waals surface area contributed by atoms with Crippen LogP contribution in [0.2, 0.25) is 5.02 Å². The van der Waals surface area contributed by atoms with Gasteiger partial charge in [-0.15, -0.1) is 0 Å². The number of nitrogens with one attached hydrogen (secondary N) is 1. The highest BCUT2D eigenvalue weighted by molar-refractivity contribution is 6.30. The molecule has 0 radical (unpaired) electrons. The van der Waals surface area contributed by atoms with Crippen LogP contribution in [0.25, 0.3) is 0 Å². The third-order valence-electron chi connectivity index (χ3n) is 7.65. The summed E-state index contributed by atoms with van der Waals surface area (Å²) in [5.74, 6) is -0.897. The third kappa shape index (κ3) is 5.85. The molecule has 0 aliphatic carbocycles. The third-order valence-corrected chi connectivity index (χ3v) is 7.94. The smallest absolute Gasteiger partial charge is 0.317 e. The number of likely N-dealkylation sites (tertiary alicyclic amines) is 2. The molecule has 9 heteroatoms. The van der Waals surface area contributed by atoms with Gasteiger partial charge in [-0.1, -0.05) is 23.7 Å². The van der Waals surface area contributed by atoms with Crippen molar-refractivity contribution in [2.24, 2.45) is 5.92 Å². The van der Waals surface area contributed by atoms with Crippen LogP contribution >= 0.6 is 11.6 Å². The van der Waals surface area contributed by atoms with Crippen molar-refractivity contribution in [3.05, 3.63) is 34.6 Å². The summed E-state index contributed by atoms with van der Waals surface area (Å²) in [7, 11) is 5.30. The number of aliphatic hydroxyl groups is 1. The Morgan fingerprint density at radius 1 is 1.35 bits per heavy atom. The first-order valence-electron chi connectivity index (χ1n) is 12.1. The van der Waals surface area contributed by atoms with E-state index in [9.17, 15) is 9.90 Å². The predicted molar refractivity (Wildman–Crippen MR) is 130 cm³/mol. The van der Waals surface area contributed by atoms with Crippen LogP contribution in [-0.2, 0) is 15.1 Å². The SMILES string of the molecule is COCCCC[C@@](O)(c1cccc(Cl)c1F)[C@@H]1CCCN(C(=O)N[C@@H]2CN(C)C(C)(OC)C2)C1. The van der Waals surface area contributed by atoms with Crippen molar-refractivity contribution in [1.29, 1.82) is 0 Å². The molecule has 4 atom stereocenters. The van der Waals surface area contributed by atoms with Crippen molar-refractivity contribution in [3.63, 3.8) is 0 Å². The van der Waals surface area contributed by atoms with Crippen LogP contribution in [0, 0.1) is 11.7 Å². The second-order valence-electron chi connectivity index (χ2n) is 9.87. The molecule has 2 fully saturated rings. The van der Waals surface area contributed by atoms with Gasteiger partial charge in [-0.25, -0.2) is 9.18 Å². The molecular formula is C25H39ClFN3O4. The summed E-state index contributed by atoms with van der Waals surface area (Å²) >= 11 is 6.07. The summed E-state index contributed by atoms with van der Waals surface area (Å²) in [4.78, 5) is 17.0. The summed E-state index contributed by atoms with van der Waals surface area (Å²) in [6.45, 7) is 4.24. The number of hydrogen-bond donors (Lipinski definition) is 2. The molecule has 2 aliphatic heterocycles. The molecule has 2 aliphatic rings. The van der Waals surface area contributed by atoms with E-state index in [0.717, 1.165) is 12.8 Å². The number of unbranched alkanes of at least 4 members (excludes halogenated alkanes) is 1. The van der Waals surface area contributed by atoms with E-state index in [1.807, 2.05) is 14.0 Å². The molecule has 2 saturated heterocycles. The van der Waals surface area contributed by atoms with Gasteiger partial charge in [0.05, 0.1) is 10.6 Å². The molecule has 0 spiro atoms. The summed E-state index contributed by atoms with van der Waals surface area (Å²) < 4.78 is 25.8. The second-order valence-corrected chi connectivity index (χ2v) is 10.3. The van der Waals surface area contributed by atoms with Crippen LogP contribution in [0.5, 0.6) is 0 Å². The molecule has 0 saturated carbocycles. The van der Waals surface area contributed by atoms with Gasteiger partial charge in [-0.3, -0.25) is 4.90 Å². The highest BCUT2D eigenvalue weighted by Crippen LogP contribution is 2.42. The minimum absolute atomic E-state index is 0.00947. The van der Waals surface area contributed by atoms with E-state index >= 15 is 4.39 Å². The van der Waals surface area contributed by atoms with Crippen molar-refractivity contribution in [3.8, 4) is 0 Å².